The molecule has 0 radical (unpaired) electrons. The lowest BCUT2D eigenvalue weighted by molar-refractivity contribution is -0.167. The first-order valence-electron chi connectivity index (χ1n) is 13.3. The molecule has 0 aliphatic heterocycles. The molecule has 0 saturated heterocycles. The van der Waals surface area contributed by atoms with Crippen molar-refractivity contribution in [2.45, 2.75) is 64.0 Å². The Balaban J connectivity index is 1.62. The molecule has 0 aliphatic rings. The quantitative estimate of drug-likeness (QED) is 0.135. The van der Waals surface area contributed by atoms with E-state index in [0.29, 0.717) is 30.6 Å². The number of carbonyl (C=O) groups excluding carboxylic acids is 1. The number of halogens is 3. The van der Waals surface area contributed by atoms with Gasteiger partial charge >= 0.3 is 12.1 Å². The number of phenols is 1. The largest absolute Gasteiger partial charge is 0.506 e. The third-order valence-electron chi connectivity index (χ3n) is 7.11. The molecular formula is C30H36F3N3O4Si. The third-order valence-corrected chi connectivity index (χ3v) is 11.6. The summed E-state index contributed by atoms with van der Waals surface area (Å²) in [5.74, 6) is 4.01. The maximum Gasteiger partial charge on any atom is 0.471 e. The van der Waals surface area contributed by atoms with Gasteiger partial charge in [0.25, 0.3) is 0 Å². The minimum atomic E-state index is -4.94. The first kappa shape index (κ1) is 31.9. The van der Waals surface area contributed by atoms with Gasteiger partial charge < -0.3 is 25.2 Å². The van der Waals surface area contributed by atoms with E-state index < -0.39 is 20.4 Å². The highest BCUT2D eigenvalue weighted by Crippen LogP contribution is 2.41. The smallest absolute Gasteiger partial charge is 0.471 e. The molecule has 7 nitrogen and oxygen atoms in total. The SMILES string of the molecule is CC(C)(C)[Si](C)(C)O[C@@H](CNCCCC#Cc1ccc(NC(=O)C(F)(F)F)cc1)c1ccc(O)c2[nH]c(=O)ccc12. The van der Waals surface area contributed by atoms with Crippen LogP contribution in [0.25, 0.3) is 10.9 Å². The van der Waals surface area contributed by atoms with Crippen LogP contribution in [-0.4, -0.2) is 43.6 Å². The lowest BCUT2D eigenvalue weighted by Gasteiger charge is -2.39. The molecule has 0 saturated carbocycles. The summed E-state index contributed by atoms with van der Waals surface area (Å²) in [5, 5.41) is 16.3. The summed E-state index contributed by atoms with van der Waals surface area (Å²) in [6.07, 6.45) is -3.91. The zero-order valence-corrected chi connectivity index (χ0v) is 24.8. The summed E-state index contributed by atoms with van der Waals surface area (Å²) >= 11 is 0. The lowest BCUT2D eigenvalue weighted by Crippen LogP contribution is -2.43. The number of aromatic amines is 1. The number of amides is 1. The number of aromatic nitrogens is 1. The summed E-state index contributed by atoms with van der Waals surface area (Å²) in [5.41, 5.74) is 1.63. The van der Waals surface area contributed by atoms with Crippen molar-refractivity contribution < 1.29 is 27.5 Å². The third kappa shape index (κ3) is 8.69. The summed E-state index contributed by atoms with van der Waals surface area (Å²) < 4.78 is 43.9. The van der Waals surface area contributed by atoms with Gasteiger partial charge in [-0.1, -0.05) is 38.7 Å². The standard InChI is InChI=1S/C30H36F3N3O4Si/c1-29(2,3)41(4,5)40-25(22-14-16-24(37)27-23(22)15-17-26(38)36-27)19-34-18-8-6-7-9-20-10-12-21(13-11-20)35-28(39)30(31,32)33/h10-17,25,34,37H,6,8,18-19H2,1-5H3,(H,35,39)(H,36,38)/t25-/m0/s1. The second kappa shape index (κ2) is 12.9. The van der Waals surface area contributed by atoms with E-state index >= 15 is 0 Å². The first-order chi connectivity index (χ1) is 19.1. The number of nitrogens with one attached hydrogen (secondary N) is 3. The Labute approximate surface area is 238 Å². The van der Waals surface area contributed by atoms with Gasteiger partial charge in [-0.05, 0) is 73.1 Å². The molecule has 3 rings (SSSR count). The van der Waals surface area contributed by atoms with Crippen molar-refractivity contribution in [2.24, 2.45) is 0 Å². The maximum atomic E-state index is 12.4. The van der Waals surface area contributed by atoms with Gasteiger partial charge in [0.05, 0.1) is 11.6 Å². The minimum absolute atomic E-state index is 0.000223. The fraction of sp³-hybridized carbons (Fsp3) is 0.400. The number of pyridine rings is 1. The Morgan fingerprint density at radius 1 is 1.07 bits per heavy atom. The van der Waals surface area contributed by atoms with E-state index in [0.717, 1.165) is 17.4 Å². The number of phenolic OH excluding ortho intramolecular Hbond substituents is 1. The molecule has 0 spiro atoms. The highest BCUT2D eigenvalue weighted by Gasteiger charge is 2.40. The zero-order valence-electron chi connectivity index (χ0n) is 23.8. The summed E-state index contributed by atoms with van der Waals surface area (Å²) in [6.45, 7) is 12.0. The maximum absolute atomic E-state index is 12.4. The number of fused-ring (bicyclic) bond motifs is 1. The number of anilines is 1. The molecule has 2 aromatic carbocycles. The van der Waals surface area contributed by atoms with Gasteiger partial charge in [-0.3, -0.25) is 9.59 Å². The van der Waals surface area contributed by atoms with Crippen LogP contribution in [0.3, 0.4) is 0 Å². The van der Waals surface area contributed by atoms with Crippen LogP contribution in [0, 0.1) is 11.8 Å². The normalized spacial score (nSPS) is 13.0. The van der Waals surface area contributed by atoms with Gasteiger partial charge in [-0.25, -0.2) is 0 Å². The number of benzene rings is 2. The van der Waals surface area contributed by atoms with Crippen molar-refractivity contribution in [1.82, 2.24) is 10.3 Å². The van der Waals surface area contributed by atoms with E-state index in [1.165, 1.54) is 18.2 Å². The fourth-order valence-corrected chi connectivity index (χ4v) is 5.10. The summed E-state index contributed by atoms with van der Waals surface area (Å²) in [6, 6.07) is 12.4. The zero-order chi connectivity index (χ0) is 30.4. The van der Waals surface area contributed by atoms with Gasteiger partial charge in [0.2, 0.25) is 5.56 Å². The summed E-state index contributed by atoms with van der Waals surface area (Å²) in [4.78, 5) is 25.6. The van der Waals surface area contributed by atoms with Crippen molar-refractivity contribution in [2.75, 3.05) is 18.4 Å². The number of carbonyl (C=O) groups is 1. The van der Waals surface area contributed by atoms with E-state index in [2.05, 4.69) is 56.0 Å². The molecule has 41 heavy (non-hydrogen) atoms. The second-order valence-electron chi connectivity index (χ2n) is 11.3. The van der Waals surface area contributed by atoms with Crippen LogP contribution < -0.4 is 16.2 Å². The van der Waals surface area contributed by atoms with Crippen LogP contribution >= 0.6 is 0 Å². The number of hydrogen-bond acceptors (Lipinski definition) is 5. The van der Waals surface area contributed by atoms with E-state index in [9.17, 15) is 27.9 Å². The second-order valence-corrected chi connectivity index (χ2v) is 16.0. The Hall–Kier alpha value is -3.59. The molecule has 3 aromatic rings. The average molecular weight is 588 g/mol. The Kier molecular flexibility index (Phi) is 10.1. The molecular weight excluding hydrogens is 551 g/mol. The first-order valence-corrected chi connectivity index (χ1v) is 16.2. The Morgan fingerprint density at radius 2 is 1.76 bits per heavy atom. The molecule has 11 heteroatoms. The number of rotatable bonds is 9. The van der Waals surface area contributed by atoms with Crippen LogP contribution in [0.5, 0.6) is 5.75 Å². The van der Waals surface area contributed by atoms with Crippen molar-refractivity contribution in [3.63, 3.8) is 0 Å². The highest BCUT2D eigenvalue weighted by molar-refractivity contribution is 6.74. The van der Waals surface area contributed by atoms with Crippen molar-refractivity contribution >= 4 is 30.8 Å². The van der Waals surface area contributed by atoms with Crippen molar-refractivity contribution in [1.29, 1.82) is 0 Å². The number of alkyl halides is 3. The minimum Gasteiger partial charge on any atom is -0.506 e. The van der Waals surface area contributed by atoms with Crippen LogP contribution in [0.15, 0.2) is 53.3 Å². The Morgan fingerprint density at radius 3 is 2.39 bits per heavy atom. The van der Waals surface area contributed by atoms with Crippen LogP contribution in [0.1, 0.15) is 50.8 Å². The molecule has 220 valence electrons. The van der Waals surface area contributed by atoms with Crippen molar-refractivity contribution in [3.8, 4) is 17.6 Å². The molecule has 0 aliphatic carbocycles. The molecule has 0 bridgehead atoms. The number of unbranched alkanes of at least 4 members (excludes halogenated alkanes) is 1. The molecule has 4 N–H and O–H groups in total. The number of H-pyrrole nitrogens is 1. The van der Waals surface area contributed by atoms with Gasteiger partial charge in [0.15, 0.2) is 8.32 Å². The lowest BCUT2D eigenvalue weighted by atomic mass is 10.0. The van der Waals surface area contributed by atoms with E-state index in [1.807, 2.05) is 6.07 Å². The van der Waals surface area contributed by atoms with E-state index in [4.69, 9.17) is 4.43 Å². The van der Waals surface area contributed by atoms with Crippen molar-refractivity contribution in [3.05, 3.63) is 70.0 Å². The van der Waals surface area contributed by atoms with Crippen LogP contribution in [0.2, 0.25) is 18.1 Å². The van der Waals surface area contributed by atoms with Crippen LogP contribution in [0.4, 0.5) is 18.9 Å². The van der Waals surface area contributed by atoms with Gasteiger partial charge in [-0.2, -0.15) is 13.2 Å². The van der Waals surface area contributed by atoms with Gasteiger partial charge in [-0.15, -0.1) is 0 Å². The highest BCUT2D eigenvalue weighted by atomic mass is 28.4. The predicted molar refractivity (Wildman–Crippen MR) is 157 cm³/mol. The summed E-state index contributed by atoms with van der Waals surface area (Å²) in [7, 11) is -2.18. The predicted octanol–water partition coefficient (Wildman–Crippen LogP) is 6.22. The molecule has 1 amide bonds. The van der Waals surface area contributed by atoms with Gasteiger partial charge in [0.1, 0.15) is 5.75 Å². The molecule has 1 aromatic heterocycles. The molecule has 1 atom stereocenters. The topological polar surface area (TPSA) is 103 Å². The van der Waals surface area contributed by atoms with E-state index in [1.54, 1.807) is 29.6 Å². The molecule has 0 unspecified atom stereocenters. The number of aromatic hydroxyl groups is 1. The average Bonchev–Trinajstić information content (AvgIpc) is 2.87. The van der Waals surface area contributed by atoms with E-state index in [-0.39, 0.29) is 28.1 Å². The van der Waals surface area contributed by atoms with Crippen LogP contribution in [-0.2, 0) is 9.22 Å². The molecule has 0 fully saturated rings. The fourth-order valence-electron chi connectivity index (χ4n) is 3.83. The Bertz CT molecular complexity index is 1480. The van der Waals surface area contributed by atoms with Gasteiger partial charge in [0, 0.05) is 35.7 Å². The number of hydrogen-bond donors (Lipinski definition) is 4. The monoisotopic (exact) mass is 587 g/mol. The molecule has 1 heterocycles.